The zero-order chi connectivity index (χ0) is 13.5. The zero-order valence-corrected chi connectivity index (χ0v) is 12.3. The van der Waals surface area contributed by atoms with Crippen molar-refractivity contribution >= 4 is 5.78 Å². The molecule has 1 atom stereocenters. The minimum absolute atomic E-state index is 0.299. The molecule has 1 nitrogen and oxygen atoms in total. The van der Waals surface area contributed by atoms with Gasteiger partial charge in [-0.25, -0.2) is 0 Å². The monoisotopic (exact) mass is 246 g/mol. The third-order valence-electron chi connectivity index (χ3n) is 3.61. The summed E-state index contributed by atoms with van der Waals surface area (Å²) in [5.74, 6) is 0.883. The lowest BCUT2D eigenvalue weighted by molar-refractivity contribution is -0.115. The van der Waals surface area contributed by atoms with E-state index in [0.717, 1.165) is 32.1 Å². The highest BCUT2D eigenvalue weighted by Crippen LogP contribution is 2.26. The van der Waals surface area contributed by atoms with Gasteiger partial charge in [0.15, 0.2) is 5.78 Å². The maximum Gasteiger partial charge on any atom is 0.155 e. The summed E-state index contributed by atoms with van der Waals surface area (Å²) >= 11 is 0. The summed E-state index contributed by atoms with van der Waals surface area (Å²) in [6.07, 6.45) is 11.6. The van der Waals surface area contributed by atoms with E-state index in [2.05, 4.69) is 39.8 Å². The second-order valence-electron chi connectivity index (χ2n) is 5.70. The van der Waals surface area contributed by atoms with Gasteiger partial charge in [0.1, 0.15) is 0 Å². The van der Waals surface area contributed by atoms with Gasteiger partial charge in [0, 0.05) is 6.42 Å². The van der Waals surface area contributed by atoms with Gasteiger partial charge in [0.25, 0.3) is 0 Å². The molecule has 1 unspecified atom stereocenters. The molecular weight excluding hydrogens is 220 g/mol. The van der Waals surface area contributed by atoms with Gasteiger partial charge in [-0.2, -0.15) is 0 Å². The fraction of sp³-hybridized carbons (Fsp3) is 0.588. The summed E-state index contributed by atoms with van der Waals surface area (Å²) in [6.45, 7) is 8.60. The fourth-order valence-corrected chi connectivity index (χ4v) is 2.33. The van der Waals surface area contributed by atoms with Crippen LogP contribution in [-0.2, 0) is 4.79 Å². The first-order chi connectivity index (χ1) is 8.49. The molecular formula is C17H26O. The first-order valence-electron chi connectivity index (χ1n) is 6.99. The minimum atomic E-state index is 0.299. The van der Waals surface area contributed by atoms with Crippen molar-refractivity contribution in [3.05, 3.63) is 34.9 Å². The molecule has 0 bridgehead atoms. The van der Waals surface area contributed by atoms with Crippen molar-refractivity contribution in [1.82, 2.24) is 0 Å². The van der Waals surface area contributed by atoms with E-state index < -0.39 is 0 Å². The van der Waals surface area contributed by atoms with Crippen molar-refractivity contribution in [2.75, 3.05) is 0 Å². The third-order valence-corrected chi connectivity index (χ3v) is 3.61. The van der Waals surface area contributed by atoms with E-state index in [1.165, 1.54) is 16.7 Å². The Bertz CT molecular complexity index is 378. The molecule has 0 fully saturated rings. The molecule has 0 saturated heterocycles. The van der Waals surface area contributed by atoms with Gasteiger partial charge in [0.05, 0.1) is 0 Å². The highest BCUT2D eigenvalue weighted by molar-refractivity contribution is 5.91. The molecule has 0 spiro atoms. The van der Waals surface area contributed by atoms with Crippen molar-refractivity contribution < 1.29 is 4.79 Å². The Morgan fingerprint density at radius 1 is 1.33 bits per heavy atom. The van der Waals surface area contributed by atoms with Crippen LogP contribution in [0, 0.1) is 5.92 Å². The molecule has 0 aromatic carbocycles. The summed E-state index contributed by atoms with van der Waals surface area (Å²) in [7, 11) is 0. The number of hydrogen-bond donors (Lipinski definition) is 0. The average molecular weight is 246 g/mol. The van der Waals surface area contributed by atoms with E-state index in [-0.39, 0.29) is 0 Å². The summed E-state index contributed by atoms with van der Waals surface area (Å²) in [5, 5.41) is 0. The van der Waals surface area contributed by atoms with Gasteiger partial charge in [-0.1, -0.05) is 28.9 Å². The van der Waals surface area contributed by atoms with Crippen LogP contribution in [-0.4, -0.2) is 5.78 Å². The third kappa shape index (κ3) is 5.48. The van der Waals surface area contributed by atoms with Crippen molar-refractivity contribution in [2.45, 2.75) is 59.8 Å². The average Bonchev–Trinajstić information content (AvgIpc) is 2.27. The van der Waals surface area contributed by atoms with E-state index in [9.17, 15) is 4.79 Å². The van der Waals surface area contributed by atoms with Crippen molar-refractivity contribution in [1.29, 1.82) is 0 Å². The number of carbonyl (C=O) groups excluding carboxylic acids is 1. The molecule has 0 aliphatic heterocycles. The van der Waals surface area contributed by atoms with Crippen LogP contribution in [0.15, 0.2) is 34.9 Å². The summed E-state index contributed by atoms with van der Waals surface area (Å²) in [4.78, 5) is 11.3. The second kappa shape index (κ2) is 7.35. The van der Waals surface area contributed by atoms with Crippen molar-refractivity contribution in [2.24, 2.45) is 5.92 Å². The molecule has 1 aliphatic carbocycles. The topological polar surface area (TPSA) is 17.1 Å². The molecule has 1 rings (SSSR count). The van der Waals surface area contributed by atoms with Gasteiger partial charge < -0.3 is 0 Å². The quantitative estimate of drug-likeness (QED) is 0.624. The van der Waals surface area contributed by atoms with E-state index in [1.54, 1.807) is 0 Å². The maximum absolute atomic E-state index is 11.3. The molecule has 18 heavy (non-hydrogen) atoms. The van der Waals surface area contributed by atoms with Crippen LogP contribution in [0.3, 0.4) is 0 Å². The number of carbonyl (C=O) groups is 1. The van der Waals surface area contributed by atoms with Crippen LogP contribution in [0.25, 0.3) is 0 Å². The van der Waals surface area contributed by atoms with Gasteiger partial charge in [0.2, 0.25) is 0 Å². The molecule has 0 radical (unpaired) electrons. The first kappa shape index (κ1) is 14.9. The first-order valence-corrected chi connectivity index (χ1v) is 6.99. The number of allylic oxidation sites excluding steroid dienone is 6. The zero-order valence-electron chi connectivity index (χ0n) is 12.3. The Morgan fingerprint density at radius 3 is 2.67 bits per heavy atom. The Labute approximate surface area is 112 Å². The Hall–Kier alpha value is -1.11. The van der Waals surface area contributed by atoms with Gasteiger partial charge in [-0.15, -0.1) is 0 Å². The highest BCUT2D eigenvalue weighted by Gasteiger charge is 2.17. The highest BCUT2D eigenvalue weighted by atomic mass is 16.1. The second-order valence-corrected chi connectivity index (χ2v) is 5.70. The fourth-order valence-electron chi connectivity index (χ4n) is 2.33. The molecule has 100 valence electrons. The van der Waals surface area contributed by atoms with Gasteiger partial charge in [-0.05, 0) is 65.4 Å². The SMILES string of the molecule is CC(C)=CCC/C(C)=C/CC1CCC(=O)C=C1C. The number of hydrogen-bond acceptors (Lipinski definition) is 1. The molecule has 0 heterocycles. The summed E-state index contributed by atoms with van der Waals surface area (Å²) in [6, 6.07) is 0. The number of ketones is 1. The van der Waals surface area contributed by atoms with Crippen LogP contribution in [0.2, 0.25) is 0 Å². The summed E-state index contributed by atoms with van der Waals surface area (Å²) < 4.78 is 0. The van der Waals surface area contributed by atoms with E-state index >= 15 is 0 Å². The standard InChI is InChI=1S/C17H26O/c1-13(2)6-5-7-14(3)8-9-16-10-11-17(18)12-15(16)4/h6,8,12,16H,5,7,9-11H2,1-4H3/b14-8+. The Morgan fingerprint density at radius 2 is 2.06 bits per heavy atom. The predicted molar refractivity (Wildman–Crippen MR) is 78.5 cm³/mol. The van der Waals surface area contributed by atoms with Crippen LogP contribution < -0.4 is 0 Å². The van der Waals surface area contributed by atoms with Crippen molar-refractivity contribution in [3.63, 3.8) is 0 Å². The van der Waals surface area contributed by atoms with E-state index in [0.29, 0.717) is 11.7 Å². The smallest absolute Gasteiger partial charge is 0.155 e. The molecule has 0 saturated carbocycles. The lowest BCUT2D eigenvalue weighted by atomic mass is 9.85. The van der Waals surface area contributed by atoms with Gasteiger partial charge in [-0.3, -0.25) is 4.79 Å². The predicted octanol–water partition coefficient (Wildman–Crippen LogP) is 4.99. The van der Waals surface area contributed by atoms with E-state index in [1.807, 2.05) is 6.08 Å². The molecule has 1 heteroatoms. The molecule has 1 aliphatic rings. The van der Waals surface area contributed by atoms with E-state index in [4.69, 9.17) is 0 Å². The Kier molecular flexibility index (Phi) is 6.11. The number of rotatable bonds is 5. The van der Waals surface area contributed by atoms with Crippen LogP contribution in [0.5, 0.6) is 0 Å². The summed E-state index contributed by atoms with van der Waals surface area (Å²) in [5.41, 5.74) is 4.13. The lowest BCUT2D eigenvalue weighted by Crippen LogP contribution is -2.11. The largest absolute Gasteiger partial charge is 0.295 e. The van der Waals surface area contributed by atoms with Crippen LogP contribution >= 0.6 is 0 Å². The van der Waals surface area contributed by atoms with Crippen LogP contribution in [0.1, 0.15) is 59.8 Å². The molecule has 0 N–H and O–H groups in total. The maximum atomic E-state index is 11.3. The molecule has 0 aromatic heterocycles. The normalized spacial score (nSPS) is 20.7. The molecule has 0 amide bonds. The Balaban J connectivity index is 2.41. The van der Waals surface area contributed by atoms with Gasteiger partial charge >= 0.3 is 0 Å². The minimum Gasteiger partial charge on any atom is -0.295 e. The van der Waals surface area contributed by atoms with Crippen LogP contribution in [0.4, 0.5) is 0 Å². The lowest BCUT2D eigenvalue weighted by Gasteiger charge is -2.19. The molecule has 0 aromatic rings. The van der Waals surface area contributed by atoms with Crippen molar-refractivity contribution in [3.8, 4) is 0 Å².